The van der Waals surface area contributed by atoms with Crippen molar-refractivity contribution < 1.29 is 14.3 Å². The first kappa shape index (κ1) is 18.0. The number of hydrogen-bond donors (Lipinski definition) is 2. The lowest BCUT2D eigenvalue weighted by atomic mass is 10.0. The normalized spacial score (nSPS) is 21.9. The number of carbonyl (C=O) groups is 2. The first-order valence-corrected chi connectivity index (χ1v) is 8.82. The van der Waals surface area contributed by atoms with Crippen molar-refractivity contribution in [2.24, 2.45) is 5.92 Å². The van der Waals surface area contributed by atoms with Crippen molar-refractivity contribution in [1.82, 2.24) is 15.5 Å². The highest BCUT2D eigenvalue weighted by atomic mass is 16.6. The summed E-state index contributed by atoms with van der Waals surface area (Å²) in [6.07, 6.45) is 5.30. The Morgan fingerprint density at radius 3 is 2.52 bits per heavy atom. The summed E-state index contributed by atoms with van der Waals surface area (Å²) in [5.74, 6) is 0.733. The van der Waals surface area contributed by atoms with Crippen LogP contribution in [0.15, 0.2) is 0 Å². The summed E-state index contributed by atoms with van der Waals surface area (Å²) in [7, 11) is 0. The van der Waals surface area contributed by atoms with Gasteiger partial charge >= 0.3 is 6.09 Å². The summed E-state index contributed by atoms with van der Waals surface area (Å²) >= 11 is 0. The number of piperidine rings is 1. The van der Waals surface area contributed by atoms with E-state index in [4.69, 9.17) is 4.74 Å². The average molecular weight is 325 g/mol. The van der Waals surface area contributed by atoms with Gasteiger partial charge in [0.1, 0.15) is 5.60 Å². The van der Waals surface area contributed by atoms with Gasteiger partial charge < -0.3 is 20.3 Å². The average Bonchev–Trinajstić information content (AvgIpc) is 3.28. The minimum absolute atomic E-state index is 0.0385. The second-order valence-electron chi connectivity index (χ2n) is 7.70. The zero-order chi connectivity index (χ0) is 16.9. The van der Waals surface area contributed by atoms with Crippen LogP contribution in [0.25, 0.3) is 0 Å². The molecule has 0 aromatic carbocycles. The molecule has 2 N–H and O–H groups in total. The van der Waals surface area contributed by atoms with Gasteiger partial charge in [-0.05, 0) is 58.8 Å². The minimum atomic E-state index is -0.477. The molecular formula is C17H31N3O3. The van der Waals surface area contributed by atoms with Crippen LogP contribution in [0, 0.1) is 5.92 Å². The maximum atomic E-state index is 12.3. The van der Waals surface area contributed by atoms with Gasteiger partial charge in [0, 0.05) is 25.7 Å². The molecule has 0 spiro atoms. The van der Waals surface area contributed by atoms with Gasteiger partial charge in [0.05, 0.1) is 6.54 Å². The third-order valence-corrected chi connectivity index (χ3v) is 4.21. The Labute approximate surface area is 139 Å². The molecule has 1 saturated carbocycles. The molecule has 6 heteroatoms. The van der Waals surface area contributed by atoms with Crippen LogP contribution in [-0.4, -0.2) is 54.7 Å². The van der Waals surface area contributed by atoms with Crippen molar-refractivity contribution in [3.63, 3.8) is 0 Å². The standard InChI is InChI=1S/C17H31N3O3/c1-17(2,3)23-16(22)20-9-5-4-6-14(20)11-18-12-15(21)19-10-13-7-8-13/h13-14,18H,4-12H2,1-3H3,(H,19,21)/t14-/m1/s1. The zero-order valence-electron chi connectivity index (χ0n) is 14.7. The van der Waals surface area contributed by atoms with E-state index in [1.165, 1.54) is 12.8 Å². The Bertz CT molecular complexity index is 416. The maximum absolute atomic E-state index is 12.3. The van der Waals surface area contributed by atoms with Crippen molar-refractivity contribution >= 4 is 12.0 Å². The summed E-state index contributed by atoms with van der Waals surface area (Å²) in [4.78, 5) is 25.9. The summed E-state index contributed by atoms with van der Waals surface area (Å²) in [6.45, 7) is 8.12. The number of likely N-dealkylation sites (tertiary alicyclic amines) is 1. The van der Waals surface area contributed by atoms with E-state index in [9.17, 15) is 9.59 Å². The van der Waals surface area contributed by atoms with Crippen LogP contribution in [0.5, 0.6) is 0 Å². The number of rotatable bonds is 6. The van der Waals surface area contributed by atoms with E-state index in [2.05, 4.69) is 10.6 Å². The fraction of sp³-hybridized carbons (Fsp3) is 0.882. The Balaban J connectivity index is 1.72. The quantitative estimate of drug-likeness (QED) is 0.782. The maximum Gasteiger partial charge on any atom is 0.410 e. The molecule has 6 nitrogen and oxygen atoms in total. The second-order valence-corrected chi connectivity index (χ2v) is 7.70. The Hall–Kier alpha value is -1.30. The molecule has 2 amide bonds. The van der Waals surface area contributed by atoms with Gasteiger partial charge in [-0.2, -0.15) is 0 Å². The van der Waals surface area contributed by atoms with E-state index in [-0.39, 0.29) is 18.0 Å². The summed E-state index contributed by atoms with van der Waals surface area (Å²) in [5, 5.41) is 6.13. The third kappa shape index (κ3) is 6.77. The molecule has 1 saturated heterocycles. The van der Waals surface area contributed by atoms with Gasteiger partial charge in [-0.1, -0.05) is 0 Å². The van der Waals surface area contributed by atoms with E-state index in [0.717, 1.165) is 32.4 Å². The number of ether oxygens (including phenoxy) is 1. The van der Waals surface area contributed by atoms with Gasteiger partial charge in [0.25, 0.3) is 0 Å². The van der Waals surface area contributed by atoms with E-state index in [1.807, 2.05) is 25.7 Å². The van der Waals surface area contributed by atoms with Gasteiger partial charge in [-0.3, -0.25) is 4.79 Å². The fourth-order valence-corrected chi connectivity index (χ4v) is 2.77. The predicted octanol–water partition coefficient (Wildman–Crippen LogP) is 1.89. The molecule has 0 aromatic rings. The molecule has 1 aliphatic carbocycles. The monoisotopic (exact) mass is 325 g/mol. The lowest BCUT2D eigenvalue weighted by Crippen LogP contribution is -2.51. The van der Waals surface area contributed by atoms with Crippen molar-refractivity contribution in [3.8, 4) is 0 Å². The Kier molecular flexibility index (Phi) is 6.27. The Morgan fingerprint density at radius 1 is 1.13 bits per heavy atom. The van der Waals surface area contributed by atoms with Crippen molar-refractivity contribution in [3.05, 3.63) is 0 Å². The van der Waals surface area contributed by atoms with Crippen LogP contribution in [-0.2, 0) is 9.53 Å². The summed E-state index contributed by atoms with van der Waals surface area (Å²) in [6, 6.07) is 0.106. The SMILES string of the molecule is CC(C)(C)OC(=O)N1CCCC[C@@H]1CNCC(=O)NCC1CC1. The summed E-state index contributed by atoms with van der Waals surface area (Å²) in [5.41, 5.74) is -0.477. The van der Waals surface area contributed by atoms with Crippen LogP contribution >= 0.6 is 0 Å². The molecule has 1 aliphatic heterocycles. The smallest absolute Gasteiger partial charge is 0.410 e. The van der Waals surface area contributed by atoms with Crippen LogP contribution < -0.4 is 10.6 Å². The van der Waals surface area contributed by atoms with Crippen molar-refractivity contribution in [2.45, 2.75) is 64.5 Å². The molecular weight excluding hydrogens is 294 g/mol. The lowest BCUT2D eigenvalue weighted by Gasteiger charge is -2.36. The van der Waals surface area contributed by atoms with Gasteiger partial charge in [-0.15, -0.1) is 0 Å². The molecule has 2 rings (SSSR count). The highest BCUT2D eigenvalue weighted by Gasteiger charge is 2.30. The van der Waals surface area contributed by atoms with Crippen LogP contribution in [0.1, 0.15) is 52.9 Å². The number of amides is 2. The van der Waals surface area contributed by atoms with Crippen LogP contribution in [0.3, 0.4) is 0 Å². The van der Waals surface area contributed by atoms with Crippen molar-refractivity contribution in [1.29, 1.82) is 0 Å². The summed E-state index contributed by atoms with van der Waals surface area (Å²) < 4.78 is 5.49. The molecule has 1 heterocycles. The van der Waals surface area contributed by atoms with E-state index >= 15 is 0 Å². The van der Waals surface area contributed by atoms with Gasteiger partial charge in [0.15, 0.2) is 0 Å². The number of nitrogens with zero attached hydrogens (tertiary/aromatic N) is 1. The van der Waals surface area contributed by atoms with Gasteiger partial charge in [-0.25, -0.2) is 4.79 Å². The highest BCUT2D eigenvalue weighted by Crippen LogP contribution is 2.27. The lowest BCUT2D eigenvalue weighted by molar-refractivity contribution is -0.120. The van der Waals surface area contributed by atoms with E-state index in [0.29, 0.717) is 19.0 Å². The molecule has 2 aliphatic rings. The molecule has 0 aromatic heterocycles. The van der Waals surface area contributed by atoms with Crippen LogP contribution in [0.2, 0.25) is 0 Å². The topological polar surface area (TPSA) is 70.7 Å². The van der Waals surface area contributed by atoms with Crippen LogP contribution in [0.4, 0.5) is 4.79 Å². The third-order valence-electron chi connectivity index (χ3n) is 4.21. The molecule has 0 unspecified atom stereocenters. The first-order chi connectivity index (χ1) is 10.8. The number of carbonyl (C=O) groups excluding carboxylic acids is 2. The van der Waals surface area contributed by atoms with E-state index < -0.39 is 5.60 Å². The van der Waals surface area contributed by atoms with Gasteiger partial charge in [0.2, 0.25) is 5.91 Å². The molecule has 2 fully saturated rings. The largest absolute Gasteiger partial charge is 0.444 e. The number of nitrogens with one attached hydrogen (secondary N) is 2. The van der Waals surface area contributed by atoms with Crippen molar-refractivity contribution in [2.75, 3.05) is 26.2 Å². The number of hydrogen-bond acceptors (Lipinski definition) is 4. The minimum Gasteiger partial charge on any atom is -0.444 e. The second kappa shape index (κ2) is 7.99. The molecule has 1 atom stereocenters. The molecule has 23 heavy (non-hydrogen) atoms. The Morgan fingerprint density at radius 2 is 1.87 bits per heavy atom. The molecule has 132 valence electrons. The zero-order valence-corrected chi connectivity index (χ0v) is 14.7. The fourth-order valence-electron chi connectivity index (χ4n) is 2.77. The highest BCUT2D eigenvalue weighted by molar-refractivity contribution is 5.78. The first-order valence-electron chi connectivity index (χ1n) is 8.82. The molecule has 0 bridgehead atoms. The predicted molar refractivity (Wildman–Crippen MR) is 89.2 cm³/mol. The molecule has 0 radical (unpaired) electrons. The van der Waals surface area contributed by atoms with E-state index in [1.54, 1.807) is 0 Å².